The number of imidazole rings is 1. The molecule has 86 valence electrons. The number of fused-ring (bicyclic) bond motifs is 1. The van der Waals surface area contributed by atoms with Gasteiger partial charge in [0.15, 0.2) is 11.5 Å². The molecular formula is C11H7Br2N3S. The minimum absolute atomic E-state index is 0.764. The van der Waals surface area contributed by atoms with Crippen LogP contribution in [0.25, 0.3) is 21.9 Å². The summed E-state index contributed by atoms with van der Waals surface area (Å²) in [5.41, 5.74) is 2.92. The van der Waals surface area contributed by atoms with Gasteiger partial charge in [-0.1, -0.05) is 0 Å². The van der Waals surface area contributed by atoms with Crippen molar-refractivity contribution in [3.05, 3.63) is 32.2 Å². The van der Waals surface area contributed by atoms with E-state index in [1.807, 2.05) is 19.1 Å². The highest BCUT2D eigenvalue weighted by Gasteiger charge is 2.11. The summed E-state index contributed by atoms with van der Waals surface area (Å²) < 4.78 is 2.11. The molecule has 0 radical (unpaired) electrons. The highest BCUT2D eigenvalue weighted by molar-refractivity contribution is 9.13. The molecule has 3 heterocycles. The van der Waals surface area contributed by atoms with Gasteiger partial charge in [-0.3, -0.25) is 0 Å². The number of aryl methyl sites for hydroxylation is 1. The number of hydrogen-bond acceptors (Lipinski definition) is 3. The molecule has 0 aromatic carbocycles. The van der Waals surface area contributed by atoms with Crippen LogP contribution < -0.4 is 0 Å². The van der Waals surface area contributed by atoms with Gasteiger partial charge in [0.05, 0.1) is 14.2 Å². The van der Waals surface area contributed by atoms with E-state index in [9.17, 15) is 0 Å². The molecule has 17 heavy (non-hydrogen) atoms. The third-order valence-corrected chi connectivity index (χ3v) is 5.74. The normalized spacial score (nSPS) is 11.2. The van der Waals surface area contributed by atoms with Gasteiger partial charge in [0, 0.05) is 10.7 Å². The van der Waals surface area contributed by atoms with Gasteiger partial charge in [-0.25, -0.2) is 9.97 Å². The number of H-pyrrole nitrogens is 1. The van der Waals surface area contributed by atoms with Crippen molar-refractivity contribution < 1.29 is 0 Å². The van der Waals surface area contributed by atoms with Crippen molar-refractivity contribution in [2.24, 2.45) is 0 Å². The first-order chi connectivity index (χ1) is 8.15. The number of halogens is 2. The van der Waals surface area contributed by atoms with Gasteiger partial charge in [-0.2, -0.15) is 0 Å². The summed E-state index contributed by atoms with van der Waals surface area (Å²) in [7, 11) is 0. The first-order valence-electron chi connectivity index (χ1n) is 4.91. The van der Waals surface area contributed by atoms with Crippen molar-refractivity contribution >= 4 is 54.4 Å². The summed E-state index contributed by atoms with van der Waals surface area (Å²) in [6, 6.07) is 4.02. The van der Waals surface area contributed by atoms with Gasteiger partial charge in [0.1, 0.15) is 0 Å². The lowest BCUT2D eigenvalue weighted by atomic mass is 10.3. The number of pyridine rings is 1. The second-order valence-electron chi connectivity index (χ2n) is 3.64. The Balaban J connectivity index is 2.21. The highest BCUT2D eigenvalue weighted by Crippen LogP contribution is 2.37. The number of rotatable bonds is 1. The Morgan fingerprint density at radius 3 is 2.82 bits per heavy atom. The second kappa shape index (κ2) is 4.19. The topological polar surface area (TPSA) is 41.6 Å². The van der Waals surface area contributed by atoms with E-state index in [4.69, 9.17) is 0 Å². The summed E-state index contributed by atoms with van der Waals surface area (Å²) in [4.78, 5) is 13.2. The maximum Gasteiger partial charge on any atom is 0.178 e. The molecule has 6 heteroatoms. The van der Waals surface area contributed by atoms with Gasteiger partial charge in [0.25, 0.3) is 0 Å². The monoisotopic (exact) mass is 371 g/mol. The second-order valence-corrected chi connectivity index (χ2v) is 6.87. The molecular weight excluding hydrogens is 366 g/mol. The Bertz CT molecular complexity index is 682. The van der Waals surface area contributed by atoms with E-state index in [-0.39, 0.29) is 0 Å². The maximum atomic E-state index is 4.50. The summed E-state index contributed by atoms with van der Waals surface area (Å²) in [6.45, 7) is 2.05. The van der Waals surface area contributed by atoms with E-state index in [2.05, 4.69) is 46.8 Å². The number of nitrogens with zero attached hydrogens (tertiary/aromatic N) is 2. The molecule has 0 fully saturated rings. The molecule has 0 saturated carbocycles. The van der Waals surface area contributed by atoms with Crippen LogP contribution in [-0.4, -0.2) is 15.0 Å². The molecule has 3 rings (SSSR count). The Labute approximate surface area is 119 Å². The lowest BCUT2D eigenvalue weighted by Gasteiger charge is -1.90. The Kier molecular flexibility index (Phi) is 2.80. The average Bonchev–Trinajstić information content (AvgIpc) is 2.85. The number of aromatic nitrogens is 3. The number of hydrogen-bond donors (Lipinski definition) is 1. The molecule has 3 nitrogen and oxygen atoms in total. The van der Waals surface area contributed by atoms with Crippen molar-refractivity contribution in [1.29, 1.82) is 0 Å². The zero-order valence-corrected chi connectivity index (χ0v) is 12.8. The zero-order valence-electron chi connectivity index (χ0n) is 8.79. The van der Waals surface area contributed by atoms with Gasteiger partial charge in [-0.15, -0.1) is 11.3 Å². The molecule has 0 aliphatic carbocycles. The first-order valence-corrected chi connectivity index (χ1v) is 7.32. The van der Waals surface area contributed by atoms with E-state index < -0.39 is 0 Å². The van der Waals surface area contributed by atoms with E-state index in [0.29, 0.717) is 0 Å². The minimum atomic E-state index is 0.764. The van der Waals surface area contributed by atoms with Crippen LogP contribution in [-0.2, 0) is 0 Å². The SMILES string of the molecule is Cc1ccnc2nc(-c3cc(Br)c(Br)s3)[nH]c12. The molecule has 0 bridgehead atoms. The fourth-order valence-electron chi connectivity index (χ4n) is 1.62. The van der Waals surface area contributed by atoms with Crippen LogP contribution in [0.3, 0.4) is 0 Å². The minimum Gasteiger partial charge on any atom is -0.336 e. The van der Waals surface area contributed by atoms with E-state index in [0.717, 1.165) is 35.7 Å². The summed E-state index contributed by atoms with van der Waals surface area (Å²) in [5.74, 6) is 0.859. The predicted molar refractivity (Wildman–Crippen MR) is 77.3 cm³/mol. The third-order valence-electron chi connectivity index (χ3n) is 2.48. The smallest absolute Gasteiger partial charge is 0.178 e. The van der Waals surface area contributed by atoms with Crippen molar-refractivity contribution in [1.82, 2.24) is 15.0 Å². The third kappa shape index (κ3) is 1.94. The van der Waals surface area contributed by atoms with Crippen molar-refractivity contribution in [3.63, 3.8) is 0 Å². The van der Waals surface area contributed by atoms with Crippen LogP contribution in [0, 0.1) is 6.92 Å². The molecule has 1 N–H and O–H groups in total. The van der Waals surface area contributed by atoms with Crippen LogP contribution in [0.1, 0.15) is 5.56 Å². The zero-order chi connectivity index (χ0) is 12.0. The molecule has 0 unspecified atom stereocenters. The fourth-order valence-corrected chi connectivity index (χ4v) is 3.60. The molecule has 0 amide bonds. The molecule has 0 spiro atoms. The summed E-state index contributed by atoms with van der Waals surface area (Å²) >= 11 is 8.60. The van der Waals surface area contributed by atoms with Crippen LogP contribution in [0.15, 0.2) is 26.6 Å². The Morgan fingerprint density at radius 2 is 2.18 bits per heavy atom. The average molecular weight is 373 g/mol. The molecule has 0 saturated heterocycles. The molecule has 3 aromatic rings. The molecule has 0 atom stereocenters. The Morgan fingerprint density at radius 1 is 1.35 bits per heavy atom. The molecule has 0 aliphatic rings. The van der Waals surface area contributed by atoms with Crippen molar-refractivity contribution in [2.45, 2.75) is 6.92 Å². The van der Waals surface area contributed by atoms with Gasteiger partial charge in [0.2, 0.25) is 0 Å². The predicted octanol–water partition coefficient (Wildman–Crippen LogP) is 4.52. The van der Waals surface area contributed by atoms with Crippen LogP contribution in [0.4, 0.5) is 0 Å². The van der Waals surface area contributed by atoms with Crippen LogP contribution in [0.2, 0.25) is 0 Å². The van der Waals surface area contributed by atoms with Crippen molar-refractivity contribution in [2.75, 3.05) is 0 Å². The number of aromatic amines is 1. The fraction of sp³-hybridized carbons (Fsp3) is 0.0909. The summed E-state index contributed by atoms with van der Waals surface area (Å²) in [5, 5.41) is 0. The van der Waals surface area contributed by atoms with Crippen LogP contribution >= 0.6 is 43.2 Å². The largest absolute Gasteiger partial charge is 0.336 e. The van der Waals surface area contributed by atoms with E-state index in [1.54, 1.807) is 17.5 Å². The van der Waals surface area contributed by atoms with Gasteiger partial charge < -0.3 is 4.98 Å². The number of nitrogens with one attached hydrogen (secondary N) is 1. The quantitative estimate of drug-likeness (QED) is 0.682. The standard InChI is InChI=1S/C11H7Br2N3S/c1-5-2-3-14-11-8(5)15-10(16-11)7-4-6(12)9(13)17-7/h2-4H,1H3,(H,14,15,16). The van der Waals surface area contributed by atoms with Gasteiger partial charge >= 0.3 is 0 Å². The highest BCUT2D eigenvalue weighted by atomic mass is 79.9. The first kappa shape index (κ1) is 11.4. The lowest BCUT2D eigenvalue weighted by molar-refractivity contribution is 1.31. The Hall–Kier alpha value is -0.720. The molecule has 0 aliphatic heterocycles. The summed E-state index contributed by atoms with van der Waals surface area (Å²) in [6.07, 6.45) is 1.78. The van der Waals surface area contributed by atoms with Crippen LogP contribution in [0.5, 0.6) is 0 Å². The van der Waals surface area contributed by atoms with Gasteiger partial charge in [-0.05, 0) is 56.5 Å². The number of thiophene rings is 1. The van der Waals surface area contributed by atoms with E-state index in [1.165, 1.54) is 0 Å². The molecule has 3 aromatic heterocycles. The van der Waals surface area contributed by atoms with E-state index >= 15 is 0 Å². The van der Waals surface area contributed by atoms with Crippen molar-refractivity contribution in [3.8, 4) is 10.7 Å². The lowest BCUT2D eigenvalue weighted by Crippen LogP contribution is -1.78. The maximum absolute atomic E-state index is 4.50.